The molecule has 2 heterocycles. The van der Waals surface area contributed by atoms with E-state index in [0.717, 1.165) is 88.0 Å². The van der Waals surface area contributed by atoms with Gasteiger partial charge in [0.1, 0.15) is 5.82 Å². The van der Waals surface area contributed by atoms with E-state index in [-0.39, 0.29) is 24.0 Å². The first kappa shape index (κ1) is 25.9. The van der Waals surface area contributed by atoms with Crippen LogP contribution < -0.4 is 10.6 Å². The Balaban J connectivity index is 0.00000341. The number of fused-ring (bicyclic) bond motifs is 1. The molecule has 3 rings (SSSR count). The maximum absolute atomic E-state index is 5.53. The minimum Gasteiger partial charge on any atom is -0.379 e. The molecule has 2 aromatic rings. The summed E-state index contributed by atoms with van der Waals surface area (Å²) in [6.45, 7) is 12.9. The van der Waals surface area contributed by atoms with Gasteiger partial charge in [0.05, 0.1) is 30.8 Å². The molecule has 1 unspecified atom stereocenters. The van der Waals surface area contributed by atoms with Crippen LogP contribution in [0.15, 0.2) is 29.3 Å². The van der Waals surface area contributed by atoms with E-state index in [1.807, 2.05) is 18.2 Å². The number of aromatic amines is 1. The fraction of sp³-hybridized carbons (Fsp3) is 0.652. The van der Waals surface area contributed by atoms with Gasteiger partial charge in [0.25, 0.3) is 0 Å². The van der Waals surface area contributed by atoms with Crippen LogP contribution >= 0.6 is 24.0 Å². The molecule has 3 N–H and O–H groups in total. The molecule has 31 heavy (non-hydrogen) atoms. The number of hydrogen-bond acceptors (Lipinski definition) is 4. The van der Waals surface area contributed by atoms with Crippen LogP contribution in [0.5, 0.6) is 0 Å². The molecule has 1 atom stereocenters. The SMILES string of the molecule is CCNC(=NCC(CC(C)C)N1CCOCC1)NCCCc1nc2ccccc2[nH]1.I. The van der Waals surface area contributed by atoms with Crippen LogP contribution in [0, 0.1) is 5.92 Å². The molecule has 8 heteroatoms. The predicted molar refractivity (Wildman–Crippen MR) is 139 cm³/mol. The lowest BCUT2D eigenvalue weighted by Crippen LogP contribution is -2.46. The standard InChI is InChI=1S/C23H38N6O.HI/c1-4-24-23(26-17-19(16-18(2)3)29-12-14-30-15-13-29)25-11-7-10-22-27-20-8-5-6-9-21(20)28-22;/h5-6,8-9,18-19H,4,7,10-17H2,1-3H3,(H,27,28)(H2,24,25,26);1H. The highest BCUT2D eigenvalue weighted by Gasteiger charge is 2.21. The second-order valence-corrected chi connectivity index (χ2v) is 8.38. The molecule has 1 aromatic heterocycles. The van der Waals surface area contributed by atoms with Crippen molar-refractivity contribution in [3.63, 3.8) is 0 Å². The Morgan fingerprint density at radius 2 is 2.00 bits per heavy atom. The van der Waals surface area contributed by atoms with Crippen LogP contribution in [0.3, 0.4) is 0 Å². The van der Waals surface area contributed by atoms with Crippen molar-refractivity contribution in [2.75, 3.05) is 45.9 Å². The highest BCUT2D eigenvalue weighted by atomic mass is 127. The van der Waals surface area contributed by atoms with Crippen LogP contribution in [0.4, 0.5) is 0 Å². The summed E-state index contributed by atoms with van der Waals surface area (Å²) in [6.07, 6.45) is 3.09. The number of hydrogen-bond donors (Lipinski definition) is 3. The van der Waals surface area contributed by atoms with Gasteiger partial charge in [-0.3, -0.25) is 9.89 Å². The average molecular weight is 543 g/mol. The van der Waals surface area contributed by atoms with E-state index >= 15 is 0 Å². The summed E-state index contributed by atoms with van der Waals surface area (Å²) >= 11 is 0. The van der Waals surface area contributed by atoms with Crippen molar-refractivity contribution in [3.05, 3.63) is 30.1 Å². The normalized spacial score (nSPS) is 16.3. The third-order valence-electron chi connectivity index (χ3n) is 5.43. The molecule has 0 aliphatic carbocycles. The maximum atomic E-state index is 5.53. The number of aliphatic imine (C=N–C) groups is 1. The average Bonchev–Trinajstić information content (AvgIpc) is 3.17. The van der Waals surface area contributed by atoms with E-state index in [1.54, 1.807) is 0 Å². The Morgan fingerprint density at radius 1 is 1.23 bits per heavy atom. The number of para-hydroxylation sites is 2. The summed E-state index contributed by atoms with van der Waals surface area (Å²) in [5.74, 6) is 2.61. The summed E-state index contributed by atoms with van der Waals surface area (Å²) in [5.41, 5.74) is 2.14. The van der Waals surface area contributed by atoms with E-state index in [0.29, 0.717) is 12.0 Å². The largest absolute Gasteiger partial charge is 0.379 e. The van der Waals surface area contributed by atoms with Gasteiger partial charge in [-0.15, -0.1) is 24.0 Å². The topological polar surface area (TPSA) is 77.6 Å². The third kappa shape index (κ3) is 8.57. The zero-order valence-electron chi connectivity index (χ0n) is 19.2. The van der Waals surface area contributed by atoms with Crippen LogP contribution in [-0.2, 0) is 11.2 Å². The van der Waals surface area contributed by atoms with Crippen LogP contribution in [0.2, 0.25) is 0 Å². The molecule has 0 spiro atoms. The molecule has 0 bridgehead atoms. The lowest BCUT2D eigenvalue weighted by Gasteiger charge is -2.34. The third-order valence-corrected chi connectivity index (χ3v) is 5.43. The second kappa shape index (κ2) is 13.9. The number of benzene rings is 1. The number of rotatable bonds is 10. The molecular formula is C23H39IN6O. The molecule has 0 amide bonds. The van der Waals surface area contributed by atoms with E-state index < -0.39 is 0 Å². The second-order valence-electron chi connectivity index (χ2n) is 8.38. The highest BCUT2D eigenvalue weighted by Crippen LogP contribution is 2.14. The Labute approximate surface area is 203 Å². The van der Waals surface area contributed by atoms with E-state index in [2.05, 4.69) is 52.3 Å². The molecule has 1 aromatic carbocycles. The van der Waals surface area contributed by atoms with Crippen molar-refractivity contribution in [1.29, 1.82) is 0 Å². The fourth-order valence-electron chi connectivity index (χ4n) is 3.95. The van der Waals surface area contributed by atoms with Crippen LogP contribution in [-0.4, -0.2) is 72.8 Å². The van der Waals surface area contributed by atoms with Crippen LogP contribution in [0.1, 0.15) is 39.4 Å². The molecule has 0 radical (unpaired) electrons. The first-order valence-electron chi connectivity index (χ1n) is 11.4. The number of morpholine rings is 1. The summed E-state index contributed by atoms with van der Waals surface area (Å²) in [4.78, 5) is 15.5. The van der Waals surface area contributed by atoms with Gasteiger partial charge in [0.15, 0.2) is 5.96 Å². The van der Waals surface area contributed by atoms with Gasteiger partial charge < -0.3 is 20.4 Å². The smallest absolute Gasteiger partial charge is 0.191 e. The fourth-order valence-corrected chi connectivity index (χ4v) is 3.95. The predicted octanol–water partition coefficient (Wildman–Crippen LogP) is 3.42. The minimum absolute atomic E-state index is 0. The van der Waals surface area contributed by atoms with Gasteiger partial charge in [-0.1, -0.05) is 26.0 Å². The number of nitrogens with one attached hydrogen (secondary N) is 3. The summed E-state index contributed by atoms with van der Waals surface area (Å²) < 4.78 is 5.53. The number of ether oxygens (including phenoxy) is 1. The number of aryl methyl sites for hydroxylation is 1. The van der Waals surface area contributed by atoms with Gasteiger partial charge in [-0.2, -0.15) is 0 Å². The lowest BCUT2D eigenvalue weighted by atomic mass is 10.0. The molecule has 174 valence electrons. The van der Waals surface area contributed by atoms with Crippen LogP contribution in [0.25, 0.3) is 11.0 Å². The molecular weight excluding hydrogens is 503 g/mol. The molecule has 1 fully saturated rings. The quantitative estimate of drug-likeness (QED) is 0.186. The van der Waals surface area contributed by atoms with Crippen molar-refractivity contribution in [1.82, 2.24) is 25.5 Å². The van der Waals surface area contributed by atoms with Crippen molar-refractivity contribution in [2.24, 2.45) is 10.9 Å². The molecule has 1 aliphatic heterocycles. The van der Waals surface area contributed by atoms with Crippen molar-refractivity contribution < 1.29 is 4.74 Å². The number of imidazole rings is 1. The van der Waals surface area contributed by atoms with Crippen molar-refractivity contribution >= 4 is 41.0 Å². The zero-order chi connectivity index (χ0) is 21.2. The van der Waals surface area contributed by atoms with E-state index in [4.69, 9.17) is 9.73 Å². The van der Waals surface area contributed by atoms with E-state index in [1.165, 1.54) is 0 Å². The summed E-state index contributed by atoms with van der Waals surface area (Å²) in [7, 11) is 0. The Kier molecular flexibility index (Phi) is 11.6. The molecule has 1 aliphatic rings. The number of guanidine groups is 1. The maximum Gasteiger partial charge on any atom is 0.191 e. The zero-order valence-corrected chi connectivity index (χ0v) is 21.5. The number of nitrogens with zero attached hydrogens (tertiary/aromatic N) is 3. The summed E-state index contributed by atoms with van der Waals surface area (Å²) in [5, 5.41) is 6.88. The van der Waals surface area contributed by atoms with Gasteiger partial charge >= 0.3 is 0 Å². The minimum atomic E-state index is 0. The molecule has 1 saturated heterocycles. The highest BCUT2D eigenvalue weighted by molar-refractivity contribution is 14.0. The Morgan fingerprint density at radius 3 is 2.71 bits per heavy atom. The molecule has 0 saturated carbocycles. The van der Waals surface area contributed by atoms with Gasteiger partial charge in [-0.25, -0.2) is 4.98 Å². The van der Waals surface area contributed by atoms with Gasteiger partial charge in [0, 0.05) is 38.6 Å². The van der Waals surface area contributed by atoms with Crippen molar-refractivity contribution in [2.45, 2.75) is 46.1 Å². The number of aromatic nitrogens is 2. The first-order valence-corrected chi connectivity index (χ1v) is 11.4. The lowest BCUT2D eigenvalue weighted by molar-refractivity contribution is 0.0143. The monoisotopic (exact) mass is 542 g/mol. The summed E-state index contributed by atoms with van der Waals surface area (Å²) in [6, 6.07) is 8.65. The molecule has 7 nitrogen and oxygen atoms in total. The first-order chi connectivity index (χ1) is 14.7. The Hall–Kier alpha value is -1.39. The van der Waals surface area contributed by atoms with Crippen molar-refractivity contribution in [3.8, 4) is 0 Å². The number of halogens is 1. The van der Waals surface area contributed by atoms with E-state index in [9.17, 15) is 0 Å². The number of H-pyrrole nitrogens is 1. The van der Waals surface area contributed by atoms with Gasteiger partial charge in [-0.05, 0) is 37.8 Å². The van der Waals surface area contributed by atoms with Gasteiger partial charge in [0.2, 0.25) is 0 Å². The Bertz CT molecular complexity index is 754.